The van der Waals surface area contributed by atoms with Crippen LogP contribution in [-0.2, 0) is 11.3 Å². The first-order valence-electron chi connectivity index (χ1n) is 10.3. The highest BCUT2D eigenvalue weighted by atomic mass is 19.3. The van der Waals surface area contributed by atoms with E-state index < -0.39 is 24.8 Å². The van der Waals surface area contributed by atoms with Gasteiger partial charge in [-0.2, -0.15) is 8.78 Å². The van der Waals surface area contributed by atoms with Gasteiger partial charge in [0.1, 0.15) is 41.3 Å². The topological polar surface area (TPSA) is 83.5 Å². The largest absolute Gasteiger partial charge is 0.497 e. The number of cyclic esters (lactones) is 1. The maximum Gasteiger partial charge on any atom is 0.387 e. The molecule has 0 aromatic heterocycles. The molecule has 0 fully saturated rings. The number of aliphatic hydroxyl groups excluding tert-OH is 1. The molecule has 0 amide bonds. The van der Waals surface area contributed by atoms with Gasteiger partial charge >= 0.3 is 12.6 Å². The molecule has 7 nitrogen and oxygen atoms in total. The van der Waals surface area contributed by atoms with Gasteiger partial charge in [-0.25, -0.2) is 4.79 Å². The summed E-state index contributed by atoms with van der Waals surface area (Å²) < 4.78 is 50.5. The zero-order valence-corrected chi connectivity index (χ0v) is 18.4. The average Bonchev–Trinajstić information content (AvgIpc) is 3.18. The Hall–Kier alpha value is -3.85. The van der Waals surface area contributed by atoms with Gasteiger partial charge in [-0.3, -0.25) is 0 Å². The van der Waals surface area contributed by atoms with E-state index in [2.05, 4.69) is 4.74 Å². The summed E-state index contributed by atoms with van der Waals surface area (Å²) in [5.41, 5.74) is 2.03. The van der Waals surface area contributed by atoms with E-state index in [4.69, 9.17) is 18.9 Å². The van der Waals surface area contributed by atoms with Crippen molar-refractivity contribution >= 4 is 5.97 Å². The van der Waals surface area contributed by atoms with Gasteiger partial charge in [0.25, 0.3) is 0 Å². The number of ether oxygens (including phenoxy) is 5. The van der Waals surface area contributed by atoms with Crippen LogP contribution in [0.4, 0.5) is 8.78 Å². The molecule has 0 saturated heterocycles. The summed E-state index contributed by atoms with van der Waals surface area (Å²) in [7, 11) is 2.94. The molecule has 3 aromatic rings. The van der Waals surface area contributed by atoms with Crippen LogP contribution in [0.15, 0.2) is 60.7 Å². The van der Waals surface area contributed by atoms with Gasteiger partial charge in [-0.05, 0) is 41.5 Å². The maximum atomic E-state index is 12.4. The number of carbonyl (C=O) groups excluding carboxylic acids is 1. The maximum absolute atomic E-state index is 12.4. The molecule has 0 aliphatic carbocycles. The number of methoxy groups -OCH3 is 2. The molecule has 1 heterocycles. The molecular formula is C25H22F2O7. The van der Waals surface area contributed by atoms with Crippen molar-refractivity contribution in [1.29, 1.82) is 0 Å². The van der Waals surface area contributed by atoms with Crippen LogP contribution in [0.1, 0.15) is 39.3 Å². The third-order valence-corrected chi connectivity index (χ3v) is 5.37. The number of hydrogen-bond donors (Lipinski definition) is 1. The van der Waals surface area contributed by atoms with Crippen molar-refractivity contribution in [3.05, 3.63) is 82.9 Å². The van der Waals surface area contributed by atoms with Crippen LogP contribution < -0.4 is 18.9 Å². The van der Waals surface area contributed by atoms with Gasteiger partial charge < -0.3 is 28.8 Å². The minimum Gasteiger partial charge on any atom is -0.497 e. The van der Waals surface area contributed by atoms with E-state index in [1.807, 2.05) is 0 Å². The molecule has 0 radical (unpaired) electrons. The van der Waals surface area contributed by atoms with Crippen LogP contribution in [-0.4, -0.2) is 31.9 Å². The predicted octanol–water partition coefficient (Wildman–Crippen LogP) is 4.83. The molecule has 2 atom stereocenters. The molecule has 3 aromatic carbocycles. The zero-order chi connectivity index (χ0) is 24.2. The van der Waals surface area contributed by atoms with Crippen molar-refractivity contribution in [3.63, 3.8) is 0 Å². The van der Waals surface area contributed by atoms with E-state index in [1.54, 1.807) is 48.5 Å². The van der Waals surface area contributed by atoms with Crippen molar-refractivity contribution in [2.24, 2.45) is 0 Å². The molecule has 4 rings (SSSR count). The fraction of sp³-hybridized carbons (Fsp3) is 0.240. The second-order valence-corrected chi connectivity index (χ2v) is 7.44. The van der Waals surface area contributed by atoms with Gasteiger partial charge in [0, 0.05) is 11.6 Å². The fourth-order valence-electron chi connectivity index (χ4n) is 3.67. The van der Waals surface area contributed by atoms with Crippen molar-refractivity contribution in [2.45, 2.75) is 25.4 Å². The first-order valence-corrected chi connectivity index (χ1v) is 10.3. The molecule has 1 aliphatic heterocycles. The number of esters is 1. The number of halogens is 2. The molecule has 34 heavy (non-hydrogen) atoms. The number of rotatable bonds is 9. The average molecular weight is 472 g/mol. The lowest BCUT2D eigenvalue weighted by atomic mass is 9.96. The molecule has 178 valence electrons. The van der Waals surface area contributed by atoms with E-state index in [9.17, 15) is 18.7 Å². The summed E-state index contributed by atoms with van der Waals surface area (Å²) in [5, 5.41) is 10.9. The molecule has 1 aliphatic rings. The smallest absolute Gasteiger partial charge is 0.387 e. The molecule has 9 heteroatoms. The monoisotopic (exact) mass is 472 g/mol. The van der Waals surface area contributed by atoms with Crippen LogP contribution in [0.2, 0.25) is 0 Å². The van der Waals surface area contributed by atoms with Crippen molar-refractivity contribution in [3.8, 4) is 23.0 Å². The lowest BCUT2D eigenvalue weighted by Crippen LogP contribution is -2.11. The molecule has 0 spiro atoms. The Kier molecular flexibility index (Phi) is 6.83. The van der Waals surface area contributed by atoms with Gasteiger partial charge in [-0.15, -0.1) is 0 Å². The Balaban J connectivity index is 1.44. The Morgan fingerprint density at radius 3 is 2.24 bits per heavy atom. The Bertz CT molecular complexity index is 1150. The number of carbonyl (C=O) groups is 1. The van der Waals surface area contributed by atoms with E-state index in [-0.39, 0.29) is 17.9 Å². The number of alkyl halides is 2. The van der Waals surface area contributed by atoms with Gasteiger partial charge in [0.05, 0.1) is 14.2 Å². The Morgan fingerprint density at radius 2 is 1.62 bits per heavy atom. The highest BCUT2D eigenvalue weighted by Crippen LogP contribution is 2.45. The van der Waals surface area contributed by atoms with Crippen LogP contribution >= 0.6 is 0 Å². The van der Waals surface area contributed by atoms with E-state index >= 15 is 0 Å². The van der Waals surface area contributed by atoms with Gasteiger partial charge in [0.15, 0.2) is 6.10 Å². The van der Waals surface area contributed by atoms with Crippen LogP contribution in [0, 0.1) is 0 Å². The van der Waals surface area contributed by atoms with Crippen molar-refractivity contribution in [1.82, 2.24) is 0 Å². The van der Waals surface area contributed by atoms with Crippen molar-refractivity contribution < 1.29 is 42.4 Å². The highest BCUT2D eigenvalue weighted by molar-refractivity contribution is 5.97. The normalized spacial score (nSPS) is 15.5. The summed E-state index contributed by atoms with van der Waals surface area (Å²) in [4.78, 5) is 12.4. The second-order valence-electron chi connectivity index (χ2n) is 7.44. The van der Waals surface area contributed by atoms with Crippen LogP contribution in [0.5, 0.6) is 23.0 Å². The molecular weight excluding hydrogens is 450 g/mol. The summed E-state index contributed by atoms with van der Waals surface area (Å²) >= 11 is 0. The molecule has 0 saturated carbocycles. The Morgan fingerprint density at radius 1 is 0.941 bits per heavy atom. The highest BCUT2D eigenvalue weighted by Gasteiger charge is 2.39. The third-order valence-electron chi connectivity index (χ3n) is 5.37. The molecule has 1 N–H and O–H groups in total. The SMILES string of the molecule is COc1cc(OC)c2c(c1)C(C(O)c1ccc(OCc3ccc(OC(F)F)cc3)cc1)OC2=O. The molecule has 2 unspecified atom stereocenters. The van der Waals surface area contributed by atoms with Crippen molar-refractivity contribution in [2.75, 3.05) is 14.2 Å². The number of hydrogen-bond acceptors (Lipinski definition) is 7. The minimum atomic E-state index is -2.87. The van der Waals surface area contributed by atoms with E-state index in [0.717, 1.165) is 5.56 Å². The number of fused-ring (bicyclic) bond motifs is 1. The van der Waals surface area contributed by atoms with Gasteiger partial charge in [-0.1, -0.05) is 24.3 Å². The quantitative estimate of drug-likeness (QED) is 0.447. The standard InChI is InChI=1S/C25H22F2O7/c1-30-18-11-19-21(20(12-18)31-2)24(29)34-23(19)22(28)15-5-9-16(10-6-15)32-13-14-3-7-17(8-4-14)33-25(26)27/h3-12,22-23,25,28H,13H2,1-2H3. The summed E-state index contributed by atoms with van der Waals surface area (Å²) in [6.07, 6.45) is -2.05. The lowest BCUT2D eigenvalue weighted by Gasteiger charge is -2.19. The number of benzene rings is 3. The first-order chi connectivity index (χ1) is 16.4. The lowest BCUT2D eigenvalue weighted by molar-refractivity contribution is -0.0498. The minimum absolute atomic E-state index is 0.0708. The summed E-state index contributed by atoms with van der Waals surface area (Å²) in [6.45, 7) is -2.66. The summed E-state index contributed by atoms with van der Waals surface area (Å²) in [5.74, 6) is 0.816. The summed E-state index contributed by atoms with van der Waals surface area (Å²) in [6, 6.07) is 16.1. The predicted molar refractivity (Wildman–Crippen MR) is 117 cm³/mol. The third kappa shape index (κ3) is 4.89. The van der Waals surface area contributed by atoms with Gasteiger partial charge in [0.2, 0.25) is 0 Å². The molecule has 0 bridgehead atoms. The first kappa shape index (κ1) is 23.3. The Labute approximate surface area is 194 Å². The fourth-order valence-corrected chi connectivity index (χ4v) is 3.67. The second kappa shape index (κ2) is 9.96. The van der Waals surface area contributed by atoms with E-state index in [0.29, 0.717) is 28.4 Å². The van der Waals surface area contributed by atoms with Crippen LogP contribution in [0.25, 0.3) is 0 Å². The van der Waals surface area contributed by atoms with E-state index in [1.165, 1.54) is 26.4 Å². The van der Waals surface area contributed by atoms with Crippen LogP contribution in [0.3, 0.4) is 0 Å². The number of aliphatic hydroxyl groups is 1. The zero-order valence-electron chi connectivity index (χ0n) is 18.4.